The fourth-order valence-corrected chi connectivity index (χ4v) is 1.20. The van der Waals surface area contributed by atoms with Gasteiger partial charge in [0.05, 0.1) is 13.2 Å². The highest BCUT2D eigenvalue weighted by atomic mass is 16.3. The van der Waals surface area contributed by atoms with Crippen LogP contribution in [0, 0.1) is 6.42 Å². The standard InChI is InChI=1S/C10H15N2O2/c11-9-1-2-10(12-4-6-14)8(7-9)3-5-13/h1-3,7,12-14H,4-6,11H2. The molecule has 0 saturated heterocycles. The van der Waals surface area contributed by atoms with Gasteiger partial charge in [0, 0.05) is 24.3 Å². The molecular formula is C10H15N2O2. The number of rotatable bonds is 5. The third-order valence-electron chi connectivity index (χ3n) is 1.81. The van der Waals surface area contributed by atoms with Crippen molar-refractivity contribution in [1.82, 2.24) is 0 Å². The largest absolute Gasteiger partial charge is 0.399 e. The second-order valence-electron chi connectivity index (χ2n) is 2.88. The van der Waals surface area contributed by atoms with E-state index in [0.717, 1.165) is 11.3 Å². The smallest absolute Gasteiger partial charge is 0.0604 e. The fourth-order valence-electron chi connectivity index (χ4n) is 1.20. The minimum atomic E-state index is -0.0305. The van der Waals surface area contributed by atoms with Crippen molar-refractivity contribution in [2.45, 2.75) is 0 Å². The molecule has 0 aromatic heterocycles. The number of aliphatic hydroxyl groups is 2. The third kappa shape index (κ3) is 2.90. The number of nitrogens with one attached hydrogen (secondary N) is 1. The van der Waals surface area contributed by atoms with Gasteiger partial charge < -0.3 is 21.3 Å². The van der Waals surface area contributed by atoms with Gasteiger partial charge in [-0.15, -0.1) is 0 Å². The summed E-state index contributed by atoms with van der Waals surface area (Å²) in [6.45, 7) is 0.524. The zero-order chi connectivity index (χ0) is 10.4. The molecule has 0 unspecified atom stereocenters. The number of nitrogens with two attached hydrogens (primary N) is 1. The van der Waals surface area contributed by atoms with Gasteiger partial charge in [-0.05, 0) is 23.8 Å². The Balaban J connectivity index is 2.78. The van der Waals surface area contributed by atoms with Crippen molar-refractivity contribution in [3.8, 4) is 0 Å². The third-order valence-corrected chi connectivity index (χ3v) is 1.81. The first kappa shape index (κ1) is 10.8. The number of benzene rings is 1. The molecule has 0 fully saturated rings. The Hall–Kier alpha value is -1.26. The predicted octanol–water partition coefficient (Wildman–Crippen LogP) is 0.218. The highest BCUT2D eigenvalue weighted by molar-refractivity contribution is 5.60. The summed E-state index contributed by atoms with van der Waals surface area (Å²) in [5.74, 6) is 0. The molecule has 0 aliphatic heterocycles. The Morgan fingerprint density at radius 1 is 1.36 bits per heavy atom. The predicted molar refractivity (Wildman–Crippen MR) is 56.9 cm³/mol. The molecule has 77 valence electrons. The van der Waals surface area contributed by atoms with E-state index in [2.05, 4.69) is 5.32 Å². The lowest BCUT2D eigenvalue weighted by molar-refractivity contribution is 0.311. The number of anilines is 2. The van der Waals surface area contributed by atoms with E-state index in [1.54, 1.807) is 18.6 Å². The summed E-state index contributed by atoms with van der Waals surface area (Å²) in [4.78, 5) is 0. The molecule has 0 spiro atoms. The summed E-state index contributed by atoms with van der Waals surface area (Å²) in [6, 6.07) is 5.37. The second kappa shape index (κ2) is 5.47. The Bertz CT molecular complexity index is 289. The van der Waals surface area contributed by atoms with E-state index in [1.165, 1.54) is 0 Å². The topological polar surface area (TPSA) is 78.5 Å². The molecule has 5 N–H and O–H groups in total. The number of hydrogen-bond donors (Lipinski definition) is 4. The summed E-state index contributed by atoms with van der Waals surface area (Å²) in [5.41, 5.74) is 7.97. The molecule has 4 nitrogen and oxygen atoms in total. The van der Waals surface area contributed by atoms with Crippen LogP contribution in [0.4, 0.5) is 11.4 Å². The Labute approximate surface area is 83.4 Å². The highest BCUT2D eigenvalue weighted by Crippen LogP contribution is 2.20. The number of hydrogen-bond acceptors (Lipinski definition) is 4. The number of nitrogen functional groups attached to an aromatic ring is 1. The van der Waals surface area contributed by atoms with Gasteiger partial charge in [0.1, 0.15) is 0 Å². The zero-order valence-corrected chi connectivity index (χ0v) is 7.90. The Kier molecular flexibility index (Phi) is 4.22. The minimum Gasteiger partial charge on any atom is -0.399 e. The van der Waals surface area contributed by atoms with Crippen molar-refractivity contribution in [3.63, 3.8) is 0 Å². The quantitative estimate of drug-likeness (QED) is 0.507. The van der Waals surface area contributed by atoms with Crippen molar-refractivity contribution in [2.24, 2.45) is 0 Å². The van der Waals surface area contributed by atoms with Crippen LogP contribution in [-0.4, -0.2) is 30.0 Å². The van der Waals surface area contributed by atoms with Gasteiger partial charge in [0.25, 0.3) is 0 Å². The summed E-state index contributed by atoms with van der Waals surface area (Å²) >= 11 is 0. The van der Waals surface area contributed by atoms with Crippen LogP contribution in [0.1, 0.15) is 5.56 Å². The van der Waals surface area contributed by atoms with Crippen molar-refractivity contribution in [1.29, 1.82) is 0 Å². The molecule has 0 saturated carbocycles. The van der Waals surface area contributed by atoms with Gasteiger partial charge >= 0.3 is 0 Å². The van der Waals surface area contributed by atoms with E-state index in [0.29, 0.717) is 12.2 Å². The van der Waals surface area contributed by atoms with Crippen molar-refractivity contribution in [3.05, 3.63) is 30.2 Å². The highest BCUT2D eigenvalue weighted by Gasteiger charge is 2.01. The Morgan fingerprint density at radius 2 is 2.14 bits per heavy atom. The van der Waals surface area contributed by atoms with Crippen molar-refractivity contribution < 1.29 is 10.2 Å². The van der Waals surface area contributed by atoms with Crippen LogP contribution in [0.3, 0.4) is 0 Å². The van der Waals surface area contributed by atoms with Gasteiger partial charge in [-0.3, -0.25) is 0 Å². The zero-order valence-electron chi connectivity index (χ0n) is 7.90. The average molecular weight is 195 g/mol. The van der Waals surface area contributed by atoms with Crippen molar-refractivity contribution in [2.75, 3.05) is 30.8 Å². The SMILES string of the molecule is Nc1ccc(NCCO)c([CH]CO)c1. The normalized spacial score (nSPS) is 10.1. The molecule has 0 heterocycles. The van der Waals surface area contributed by atoms with Crippen LogP contribution in [-0.2, 0) is 0 Å². The molecular weight excluding hydrogens is 180 g/mol. The van der Waals surface area contributed by atoms with Crippen LogP contribution in [0.2, 0.25) is 0 Å². The lowest BCUT2D eigenvalue weighted by Gasteiger charge is -2.10. The molecule has 1 radical (unpaired) electrons. The molecule has 1 rings (SSSR count). The van der Waals surface area contributed by atoms with Crippen molar-refractivity contribution >= 4 is 11.4 Å². The molecule has 0 bridgehead atoms. The molecule has 0 aliphatic carbocycles. The maximum atomic E-state index is 8.79. The maximum absolute atomic E-state index is 8.79. The van der Waals surface area contributed by atoms with Gasteiger partial charge in [-0.25, -0.2) is 0 Å². The van der Waals surface area contributed by atoms with E-state index in [-0.39, 0.29) is 13.2 Å². The first-order chi connectivity index (χ1) is 6.77. The molecule has 0 aliphatic rings. The van der Waals surface area contributed by atoms with Gasteiger partial charge in [0.2, 0.25) is 0 Å². The lowest BCUT2D eigenvalue weighted by Crippen LogP contribution is -2.08. The fraction of sp³-hybridized carbons (Fsp3) is 0.300. The van der Waals surface area contributed by atoms with Gasteiger partial charge in [-0.1, -0.05) is 0 Å². The van der Waals surface area contributed by atoms with E-state index in [1.807, 2.05) is 6.07 Å². The van der Waals surface area contributed by atoms with E-state index >= 15 is 0 Å². The minimum absolute atomic E-state index is 0.0305. The monoisotopic (exact) mass is 195 g/mol. The van der Waals surface area contributed by atoms with E-state index in [4.69, 9.17) is 15.9 Å². The molecule has 1 aromatic carbocycles. The summed E-state index contributed by atoms with van der Waals surface area (Å²) in [6.07, 6.45) is 1.66. The summed E-state index contributed by atoms with van der Waals surface area (Å²) in [7, 11) is 0. The average Bonchev–Trinajstić information content (AvgIpc) is 2.17. The maximum Gasteiger partial charge on any atom is 0.0604 e. The van der Waals surface area contributed by atoms with E-state index < -0.39 is 0 Å². The first-order valence-corrected chi connectivity index (χ1v) is 4.46. The lowest BCUT2D eigenvalue weighted by atomic mass is 10.1. The Morgan fingerprint density at radius 3 is 2.79 bits per heavy atom. The second-order valence-corrected chi connectivity index (χ2v) is 2.88. The molecule has 4 heteroatoms. The van der Waals surface area contributed by atoms with E-state index in [9.17, 15) is 0 Å². The van der Waals surface area contributed by atoms with Crippen LogP contribution < -0.4 is 11.1 Å². The van der Waals surface area contributed by atoms with Gasteiger partial charge in [0.15, 0.2) is 0 Å². The van der Waals surface area contributed by atoms with Gasteiger partial charge in [-0.2, -0.15) is 0 Å². The number of aliphatic hydroxyl groups excluding tert-OH is 2. The molecule has 14 heavy (non-hydrogen) atoms. The summed E-state index contributed by atoms with van der Waals surface area (Å²) in [5, 5.41) is 20.5. The molecule has 1 aromatic rings. The first-order valence-electron chi connectivity index (χ1n) is 4.46. The van der Waals surface area contributed by atoms with Crippen LogP contribution in [0.25, 0.3) is 0 Å². The molecule has 0 atom stereocenters. The molecule has 0 amide bonds. The summed E-state index contributed by atoms with van der Waals surface area (Å²) < 4.78 is 0. The van der Waals surface area contributed by atoms with Crippen LogP contribution >= 0.6 is 0 Å². The van der Waals surface area contributed by atoms with Crippen LogP contribution in [0.5, 0.6) is 0 Å². The van der Waals surface area contributed by atoms with Crippen LogP contribution in [0.15, 0.2) is 18.2 Å².